The maximum absolute atomic E-state index is 5.52. The number of aromatic nitrogens is 3. The minimum Gasteiger partial charge on any atom is -0.381 e. The zero-order chi connectivity index (χ0) is 16.0. The highest BCUT2D eigenvalue weighted by Gasteiger charge is 2.23. The average molecular weight is 311 g/mol. The Balaban J connectivity index is 1.93. The van der Waals surface area contributed by atoms with E-state index in [0.717, 1.165) is 60.0 Å². The van der Waals surface area contributed by atoms with E-state index in [4.69, 9.17) is 14.2 Å². The van der Waals surface area contributed by atoms with Crippen molar-refractivity contribution in [2.45, 2.75) is 39.5 Å². The summed E-state index contributed by atoms with van der Waals surface area (Å²) in [6.07, 6.45) is 2.05. The van der Waals surface area contributed by atoms with Crippen LogP contribution in [-0.2, 0) is 4.74 Å². The van der Waals surface area contributed by atoms with Crippen LogP contribution in [0.25, 0.3) is 22.2 Å². The highest BCUT2D eigenvalue weighted by molar-refractivity contribution is 5.87. The number of H-pyrrole nitrogens is 1. The predicted octanol–water partition coefficient (Wildman–Crippen LogP) is 4.04. The van der Waals surface area contributed by atoms with Gasteiger partial charge in [-0.15, -0.1) is 0 Å². The van der Waals surface area contributed by atoms with E-state index in [2.05, 4.69) is 29.2 Å². The molecule has 5 nitrogen and oxygen atoms in total. The smallest absolute Gasteiger partial charge is 0.143 e. The van der Waals surface area contributed by atoms with E-state index < -0.39 is 0 Å². The first kappa shape index (κ1) is 14.5. The van der Waals surface area contributed by atoms with E-state index in [0.29, 0.717) is 5.92 Å². The number of aromatic amines is 1. The molecule has 1 N–H and O–H groups in total. The highest BCUT2D eigenvalue weighted by Crippen LogP contribution is 2.35. The summed E-state index contributed by atoms with van der Waals surface area (Å²) in [7, 11) is 0. The molecular formula is C18H21N3O2. The maximum Gasteiger partial charge on any atom is 0.143 e. The van der Waals surface area contributed by atoms with Gasteiger partial charge in [-0.1, -0.05) is 5.16 Å². The first-order valence-electron chi connectivity index (χ1n) is 8.14. The summed E-state index contributed by atoms with van der Waals surface area (Å²) in [4.78, 5) is 8.48. The van der Waals surface area contributed by atoms with E-state index in [1.807, 2.05) is 13.8 Å². The summed E-state index contributed by atoms with van der Waals surface area (Å²) in [6.45, 7) is 7.62. The number of aryl methyl sites for hydroxylation is 3. The lowest BCUT2D eigenvalue weighted by Gasteiger charge is -2.22. The van der Waals surface area contributed by atoms with Gasteiger partial charge in [0.2, 0.25) is 0 Å². The molecule has 5 heteroatoms. The molecule has 1 fully saturated rings. The van der Waals surface area contributed by atoms with Crippen molar-refractivity contribution in [2.75, 3.05) is 13.2 Å². The van der Waals surface area contributed by atoms with Gasteiger partial charge in [-0.25, -0.2) is 0 Å². The molecule has 0 aromatic carbocycles. The lowest BCUT2D eigenvalue weighted by Crippen LogP contribution is -2.15. The number of rotatable bonds is 2. The van der Waals surface area contributed by atoms with Crippen molar-refractivity contribution < 1.29 is 9.26 Å². The molecular weight excluding hydrogens is 290 g/mol. The van der Waals surface area contributed by atoms with E-state index in [-0.39, 0.29) is 0 Å². The SMILES string of the molecule is Cc1cc2c(C3CCOCC3)nc(-c3c(C)noc3C)cc2[nH]1. The van der Waals surface area contributed by atoms with Gasteiger partial charge < -0.3 is 14.2 Å². The Bertz CT molecular complexity index is 837. The topological polar surface area (TPSA) is 63.9 Å². The third-order valence-electron chi connectivity index (χ3n) is 4.68. The number of hydrogen-bond donors (Lipinski definition) is 1. The summed E-state index contributed by atoms with van der Waals surface area (Å²) >= 11 is 0. The predicted molar refractivity (Wildman–Crippen MR) is 88.6 cm³/mol. The Morgan fingerprint density at radius 1 is 1.13 bits per heavy atom. The number of pyridine rings is 1. The summed E-state index contributed by atoms with van der Waals surface area (Å²) < 4.78 is 10.9. The first-order chi connectivity index (χ1) is 11.1. The molecule has 4 heterocycles. The Hall–Kier alpha value is -2.14. The molecule has 1 aliphatic heterocycles. The summed E-state index contributed by atoms with van der Waals surface area (Å²) in [5, 5.41) is 5.30. The van der Waals surface area contributed by atoms with Gasteiger partial charge in [0.05, 0.1) is 22.6 Å². The van der Waals surface area contributed by atoms with Crippen LogP contribution < -0.4 is 0 Å². The van der Waals surface area contributed by atoms with Gasteiger partial charge in [-0.3, -0.25) is 4.98 Å². The van der Waals surface area contributed by atoms with Crippen molar-refractivity contribution in [3.8, 4) is 11.3 Å². The lowest BCUT2D eigenvalue weighted by molar-refractivity contribution is 0.0848. The van der Waals surface area contributed by atoms with Crippen molar-refractivity contribution in [3.05, 3.63) is 35.0 Å². The Labute approximate surface area is 135 Å². The van der Waals surface area contributed by atoms with Crippen molar-refractivity contribution in [3.63, 3.8) is 0 Å². The molecule has 1 saturated heterocycles. The summed E-state index contributed by atoms with van der Waals surface area (Å²) in [6, 6.07) is 4.31. The second-order valence-electron chi connectivity index (χ2n) is 6.39. The molecule has 0 bridgehead atoms. The molecule has 0 amide bonds. The molecule has 0 atom stereocenters. The van der Waals surface area contributed by atoms with Crippen LogP contribution in [-0.4, -0.2) is 28.3 Å². The Morgan fingerprint density at radius 2 is 1.91 bits per heavy atom. The van der Waals surface area contributed by atoms with Gasteiger partial charge in [0.15, 0.2) is 0 Å². The first-order valence-corrected chi connectivity index (χ1v) is 8.14. The van der Waals surface area contributed by atoms with E-state index in [1.54, 1.807) is 0 Å². The second kappa shape index (κ2) is 5.49. The number of fused-ring (bicyclic) bond motifs is 1. The van der Waals surface area contributed by atoms with Crippen LogP contribution in [0.5, 0.6) is 0 Å². The fourth-order valence-electron chi connectivity index (χ4n) is 3.55. The zero-order valence-electron chi connectivity index (χ0n) is 13.8. The molecule has 0 aliphatic carbocycles. The van der Waals surface area contributed by atoms with Crippen molar-refractivity contribution in [1.29, 1.82) is 0 Å². The second-order valence-corrected chi connectivity index (χ2v) is 6.39. The fraction of sp³-hybridized carbons (Fsp3) is 0.444. The minimum atomic E-state index is 0.446. The highest BCUT2D eigenvalue weighted by atomic mass is 16.5. The number of hydrogen-bond acceptors (Lipinski definition) is 4. The lowest BCUT2D eigenvalue weighted by atomic mass is 9.93. The molecule has 0 unspecified atom stereocenters. The van der Waals surface area contributed by atoms with Gasteiger partial charge in [-0.05, 0) is 45.7 Å². The summed E-state index contributed by atoms with van der Waals surface area (Å²) in [5.41, 5.74) is 6.30. The Morgan fingerprint density at radius 3 is 2.61 bits per heavy atom. The van der Waals surface area contributed by atoms with Gasteiger partial charge >= 0.3 is 0 Å². The van der Waals surface area contributed by atoms with Gasteiger partial charge in [0.1, 0.15) is 5.76 Å². The molecule has 0 spiro atoms. The van der Waals surface area contributed by atoms with Crippen LogP contribution in [0.15, 0.2) is 16.7 Å². The standard InChI is InChI=1S/C18H21N3O2/c1-10-8-14-15(19-10)9-16(17-11(2)21-23-12(17)3)20-18(14)13-4-6-22-7-5-13/h8-9,13,19H,4-7H2,1-3H3. The summed E-state index contributed by atoms with van der Waals surface area (Å²) in [5.74, 6) is 1.26. The molecule has 1 aliphatic rings. The molecule has 4 rings (SSSR count). The van der Waals surface area contributed by atoms with Crippen LogP contribution in [0.4, 0.5) is 0 Å². The van der Waals surface area contributed by atoms with Crippen LogP contribution in [0.2, 0.25) is 0 Å². The van der Waals surface area contributed by atoms with Crippen LogP contribution in [0.3, 0.4) is 0 Å². The largest absolute Gasteiger partial charge is 0.381 e. The van der Waals surface area contributed by atoms with Gasteiger partial charge in [-0.2, -0.15) is 0 Å². The van der Waals surface area contributed by atoms with E-state index >= 15 is 0 Å². The number of ether oxygens (including phenoxy) is 1. The third-order valence-corrected chi connectivity index (χ3v) is 4.68. The monoisotopic (exact) mass is 311 g/mol. The molecule has 0 radical (unpaired) electrons. The normalized spacial score (nSPS) is 16.3. The fourth-order valence-corrected chi connectivity index (χ4v) is 3.55. The van der Waals surface area contributed by atoms with E-state index in [9.17, 15) is 0 Å². The third kappa shape index (κ3) is 2.45. The molecule has 120 valence electrons. The van der Waals surface area contributed by atoms with E-state index in [1.165, 1.54) is 11.1 Å². The quantitative estimate of drug-likeness (QED) is 0.776. The van der Waals surface area contributed by atoms with Crippen LogP contribution >= 0.6 is 0 Å². The van der Waals surface area contributed by atoms with Crippen LogP contribution in [0.1, 0.15) is 41.6 Å². The molecule has 3 aromatic rings. The average Bonchev–Trinajstić information content (AvgIpc) is 3.08. The Kier molecular flexibility index (Phi) is 3.45. The van der Waals surface area contributed by atoms with Gasteiger partial charge in [0, 0.05) is 35.7 Å². The molecule has 3 aromatic heterocycles. The van der Waals surface area contributed by atoms with Gasteiger partial charge in [0.25, 0.3) is 0 Å². The van der Waals surface area contributed by atoms with Crippen molar-refractivity contribution in [1.82, 2.24) is 15.1 Å². The zero-order valence-corrected chi connectivity index (χ0v) is 13.8. The minimum absolute atomic E-state index is 0.446. The molecule has 0 saturated carbocycles. The molecule has 23 heavy (non-hydrogen) atoms. The number of nitrogens with zero attached hydrogens (tertiary/aromatic N) is 2. The van der Waals surface area contributed by atoms with Crippen LogP contribution in [0, 0.1) is 20.8 Å². The van der Waals surface area contributed by atoms with Crippen molar-refractivity contribution >= 4 is 10.9 Å². The van der Waals surface area contributed by atoms with Crippen molar-refractivity contribution in [2.24, 2.45) is 0 Å². The maximum atomic E-state index is 5.52. The number of nitrogens with one attached hydrogen (secondary N) is 1.